The van der Waals surface area contributed by atoms with Crippen molar-refractivity contribution in [3.05, 3.63) is 69.7 Å². The second-order valence-corrected chi connectivity index (χ2v) is 7.39. The van der Waals surface area contributed by atoms with Gasteiger partial charge in [0.1, 0.15) is 5.75 Å². The van der Waals surface area contributed by atoms with Gasteiger partial charge in [-0.25, -0.2) is 0 Å². The van der Waals surface area contributed by atoms with Crippen molar-refractivity contribution in [1.29, 1.82) is 0 Å². The second-order valence-electron chi connectivity index (χ2n) is 6.54. The zero-order valence-electron chi connectivity index (χ0n) is 13.3. The van der Waals surface area contributed by atoms with E-state index in [0.717, 1.165) is 27.7 Å². The SMILES string of the molecule is CC(=O)c1ccc2c(c1)C1C=CCC1C(c1ccc(O)cc1Br)N2. The molecule has 2 N–H and O–H groups in total. The molecule has 4 rings (SSSR count). The van der Waals surface area contributed by atoms with Crippen LogP contribution in [0.1, 0.15) is 46.8 Å². The minimum Gasteiger partial charge on any atom is -0.508 e. The molecular formula is C20H18BrNO2. The van der Waals surface area contributed by atoms with Crippen LogP contribution in [0.2, 0.25) is 0 Å². The number of aromatic hydroxyl groups is 1. The fourth-order valence-electron chi connectivity index (χ4n) is 3.89. The predicted molar refractivity (Wildman–Crippen MR) is 98.6 cm³/mol. The quantitative estimate of drug-likeness (QED) is 0.554. The summed E-state index contributed by atoms with van der Waals surface area (Å²) in [5, 5.41) is 13.3. The average Bonchev–Trinajstić information content (AvgIpc) is 3.04. The van der Waals surface area contributed by atoms with E-state index in [1.54, 1.807) is 19.1 Å². The Morgan fingerprint density at radius 1 is 1.21 bits per heavy atom. The first-order valence-corrected chi connectivity index (χ1v) is 8.90. The number of carbonyl (C=O) groups is 1. The summed E-state index contributed by atoms with van der Waals surface area (Å²) in [5.41, 5.74) is 4.19. The Bertz CT molecular complexity index is 859. The van der Waals surface area contributed by atoms with Crippen molar-refractivity contribution >= 4 is 27.4 Å². The topological polar surface area (TPSA) is 49.3 Å². The number of anilines is 1. The van der Waals surface area contributed by atoms with Gasteiger partial charge in [-0.15, -0.1) is 0 Å². The minimum absolute atomic E-state index is 0.0970. The highest BCUT2D eigenvalue weighted by Crippen LogP contribution is 2.51. The van der Waals surface area contributed by atoms with Crippen molar-refractivity contribution in [2.24, 2.45) is 5.92 Å². The number of phenols is 1. The van der Waals surface area contributed by atoms with Crippen molar-refractivity contribution in [2.45, 2.75) is 25.3 Å². The molecule has 0 saturated carbocycles. The summed E-state index contributed by atoms with van der Waals surface area (Å²) in [4.78, 5) is 11.7. The molecule has 0 spiro atoms. The lowest BCUT2D eigenvalue weighted by Gasteiger charge is -2.38. The summed E-state index contributed by atoms with van der Waals surface area (Å²) in [6, 6.07) is 11.5. The van der Waals surface area contributed by atoms with Crippen molar-refractivity contribution < 1.29 is 9.90 Å². The molecule has 3 atom stereocenters. The van der Waals surface area contributed by atoms with E-state index in [9.17, 15) is 9.90 Å². The van der Waals surface area contributed by atoms with Gasteiger partial charge in [-0.1, -0.05) is 34.1 Å². The third kappa shape index (κ3) is 2.46. The number of ketones is 1. The zero-order valence-corrected chi connectivity index (χ0v) is 14.9. The maximum absolute atomic E-state index is 11.7. The molecular weight excluding hydrogens is 366 g/mol. The summed E-state index contributed by atoms with van der Waals surface area (Å²) in [6.45, 7) is 1.61. The van der Waals surface area contributed by atoms with Crippen LogP contribution < -0.4 is 5.32 Å². The highest BCUT2D eigenvalue weighted by molar-refractivity contribution is 9.10. The summed E-state index contributed by atoms with van der Waals surface area (Å²) < 4.78 is 0.912. The van der Waals surface area contributed by atoms with Gasteiger partial charge in [0.05, 0.1) is 6.04 Å². The second kappa shape index (κ2) is 5.78. The van der Waals surface area contributed by atoms with Crippen molar-refractivity contribution in [3.63, 3.8) is 0 Å². The Morgan fingerprint density at radius 2 is 2.04 bits per heavy atom. The molecule has 3 unspecified atom stereocenters. The fraction of sp³-hybridized carbons (Fsp3) is 0.250. The first kappa shape index (κ1) is 15.5. The maximum atomic E-state index is 11.7. The number of hydrogen-bond acceptors (Lipinski definition) is 3. The molecule has 0 bridgehead atoms. The van der Waals surface area contributed by atoms with Crippen molar-refractivity contribution in [3.8, 4) is 5.75 Å². The first-order chi connectivity index (χ1) is 11.5. The van der Waals surface area contributed by atoms with E-state index in [1.165, 1.54) is 5.56 Å². The average molecular weight is 384 g/mol. The Labute approximate surface area is 149 Å². The monoisotopic (exact) mass is 383 g/mol. The Kier molecular flexibility index (Phi) is 3.72. The van der Waals surface area contributed by atoms with Crippen LogP contribution in [-0.4, -0.2) is 10.9 Å². The highest BCUT2D eigenvalue weighted by Gasteiger charge is 2.38. The van der Waals surface area contributed by atoms with Crippen LogP contribution in [0.4, 0.5) is 5.69 Å². The predicted octanol–water partition coefficient (Wildman–Crippen LogP) is 5.18. The lowest BCUT2D eigenvalue weighted by Crippen LogP contribution is -2.29. The van der Waals surface area contributed by atoms with E-state index in [2.05, 4.69) is 33.4 Å². The number of carbonyl (C=O) groups excluding carboxylic acids is 1. The van der Waals surface area contributed by atoms with Crippen LogP contribution in [0.15, 0.2) is 53.0 Å². The van der Waals surface area contributed by atoms with E-state index < -0.39 is 0 Å². The van der Waals surface area contributed by atoms with Gasteiger partial charge in [-0.2, -0.15) is 0 Å². The molecule has 3 nitrogen and oxygen atoms in total. The fourth-order valence-corrected chi connectivity index (χ4v) is 4.50. The van der Waals surface area contributed by atoms with E-state index in [4.69, 9.17) is 0 Å². The van der Waals surface area contributed by atoms with Gasteiger partial charge >= 0.3 is 0 Å². The van der Waals surface area contributed by atoms with Crippen molar-refractivity contribution in [1.82, 2.24) is 0 Å². The van der Waals surface area contributed by atoms with Crippen LogP contribution in [0.5, 0.6) is 5.75 Å². The summed E-state index contributed by atoms with van der Waals surface area (Å²) >= 11 is 3.59. The highest BCUT2D eigenvalue weighted by atomic mass is 79.9. The van der Waals surface area contributed by atoms with Gasteiger partial charge in [0.15, 0.2) is 5.78 Å². The molecule has 2 aromatic rings. The molecule has 0 aromatic heterocycles. The molecule has 1 aliphatic carbocycles. The van der Waals surface area contributed by atoms with Crippen molar-refractivity contribution in [2.75, 3.05) is 5.32 Å². The first-order valence-electron chi connectivity index (χ1n) is 8.11. The van der Waals surface area contributed by atoms with Gasteiger partial charge in [0.2, 0.25) is 0 Å². The molecule has 0 amide bonds. The number of fused-ring (bicyclic) bond motifs is 3. The number of Topliss-reactive ketones (excluding diaryl/α,β-unsaturated/α-hetero) is 1. The molecule has 1 aliphatic heterocycles. The maximum Gasteiger partial charge on any atom is 0.159 e. The number of nitrogens with one attached hydrogen (secondary N) is 1. The lowest BCUT2D eigenvalue weighted by molar-refractivity contribution is 0.101. The Morgan fingerprint density at radius 3 is 2.79 bits per heavy atom. The van der Waals surface area contributed by atoms with Crippen LogP contribution >= 0.6 is 15.9 Å². The van der Waals surface area contributed by atoms with Gasteiger partial charge in [0.25, 0.3) is 0 Å². The standard InChI is InChI=1S/C20H18BrNO2/c1-11(23)12-5-8-19-17(9-12)14-3-2-4-15(14)20(22-19)16-7-6-13(24)10-18(16)21/h2-3,5-10,14-15,20,22,24H,4H2,1H3. The number of benzene rings is 2. The molecule has 0 fully saturated rings. The molecule has 24 heavy (non-hydrogen) atoms. The Hall–Kier alpha value is -2.07. The van der Waals surface area contributed by atoms with E-state index in [0.29, 0.717) is 11.8 Å². The van der Waals surface area contributed by atoms with Gasteiger partial charge < -0.3 is 10.4 Å². The lowest BCUT2D eigenvalue weighted by atomic mass is 9.76. The van der Waals surface area contributed by atoms with E-state index in [-0.39, 0.29) is 17.6 Å². The molecule has 122 valence electrons. The smallest absolute Gasteiger partial charge is 0.159 e. The summed E-state index contributed by atoms with van der Waals surface area (Å²) in [5.74, 6) is 1.07. The number of allylic oxidation sites excluding steroid dienone is 2. The minimum atomic E-state index is 0.0970. The molecule has 2 aliphatic rings. The molecule has 1 heterocycles. The number of phenolic OH excluding ortho intramolecular Hbond substituents is 1. The van der Waals surface area contributed by atoms with Gasteiger partial charge in [-0.3, -0.25) is 4.79 Å². The number of halogens is 1. The summed E-state index contributed by atoms with van der Waals surface area (Å²) in [7, 11) is 0. The van der Waals surface area contributed by atoms with E-state index in [1.807, 2.05) is 24.3 Å². The molecule has 2 aromatic carbocycles. The molecule has 0 radical (unpaired) electrons. The summed E-state index contributed by atoms with van der Waals surface area (Å²) in [6.07, 6.45) is 5.49. The van der Waals surface area contributed by atoms with E-state index >= 15 is 0 Å². The third-order valence-electron chi connectivity index (χ3n) is 5.09. The zero-order chi connectivity index (χ0) is 16.8. The van der Waals surface area contributed by atoms with Gasteiger partial charge in [-0.05, 0) is 60.7 Å². The number of rotatable bonds is 2. The largest absolute Gasteiger partial charge is 0.508 e. The van der Waals surface area contributed by atoms with Crippen LogP contribution in [0, 0.1) is 5.92 Å². The van der Waals surface area contributed by atoms with Crippen LogP contribution in [0.25, 0.3) is 0 Å². The molecule has 4 heteroatoms. The third-order valence-corrected chi connectivity index (χ3v) is 5.78. The Balaban J connectivity index is 1.79. The number of hydrogen-bond donors (Lipinski definition) is 2. The van der Waals surface area contributed by atoms with Crippen LogP contribution in [-0.2, 0) is 0 Å². The van der Waals surface area contributed by atoms with Gasteiger partial charge in [0, 0.05) is 21.6 Å². The normalized spacial score (nSPS) is 24.2. The van der Waals surface area contributed by atoms with Crippen LogP contribution in [0.3, 0.4) is 0 Å². The molecule has 0 saturated heterocycles.